The van der Waals surface area contributed by atoms with Gasteiger partial charge in [0.2, 0.25) is 5.28 Å². The van der Waals surface area contributed by atoms with E-state index in [2.05, 4.69) is 20.2 Å². The van der Waals surface area contributed by atoms with Crippen molar-refractivity contribution < 1.29 is 9.53 Å². The fraction of sp³-hybridized carbons (Fsp3) is 0.235. The minimum atomic E-state index is -0.154. The third-order valence-corrected chi connectivity index (χ3v) is 5.11. The molecular weight excluding hydrogens is 360 g/mol. The molecule has 0 radical (unpaired) electrons. The minimum absolute atomic E-state index is 0.154. The van der Waals surface area contributed by atoms with Gasteiger partial charge in [-0.2, -0.15) is 4.98 Å². The van der Waals surface area contributed by atoms with Crippen molar-refractivity contribution in [2.45, 2.75) is 0 Å². The van der Waals surface area contributed by atoms with Gasteiger partial charge >= 0.3 is 0 Å². The molecule has 8 heteroatoms. The number of thiophene rings is 1. The van der Waals surface area contributed by atoms with Gasteiger partial charge in [0.25, 0.3) is 5.91 Å². The number of nitrogens with zero attached hydrogens (tertiary/aromatic N) is 3. The van der Waals surface area contributed by atoms with Gasteiger partial charge in [-0.1, -0.05) is 18.2 Å². The molecule has 25 heavy (non-hydrogen) atoms. The summed E-state index contributed by atoms with van der Waals surface area (Å²) in [6.07, 6.45) is 0. The maximum atomic E-state index is 12.4. The molecule has 0 saturated carbocycles. The Kier molecular flexibility index (Phi) is 4.52. The zero-order valence-corrected chi connectivity index (χ0v) is 14.8. The number of halogens is 1. The number of fused-ring (bicyclic) bond motifs is 1. The summed E-state index contributed by atoms with van der Waals surface area (Å²) in [5.41, 5.74) is 1.34. The van der Waals surface area contributed by atoms with E-state index >= 15 is 0 Å². The molecule has 1 fully saturated rings. The molecule has 1 N–H and O–H groups in total. The molecule has 1 amide bonds. The quantitative estimate of drug-likeness (QED) is 0.711. The van der Waals surface area contributed by atoms with Crippen molar-refractivity contribution in [2.24, 2.45) is 0 Å². The molecule has 1 aliphatic heterocycles. The number of anilines is 2. The molecule has 0 aliphatic carbocycles. The number of carbonyl (C=O) groups is 1. The van der Waals surface area contributed by atoms with E-state index in [1.54, 1.807) is 12.1 Å². The van der Waals surface area contributed by atoms with E-state index in [0.717, 1.165) is 34.1 Å². The average Bonchev–Trinajstić information content (AvgIpc) is 3.04. The number of nitrogens with one attached hydrogen (secondary N) is 1. The van der Waals surface area contributed by atoms with Crippen LogP contribution >= 0.6 is 22.9 Å². The maximum Gasteiger partial charge on any atom is 0.256 e. The molecule has 3 aromatic rings. The number of amides is 1. The standard InChI is InChI=1S/C17H15ClN4O2S/c18-17-19-12-10-13(20-16(23)11-4-2-1-3-5-11)25-14(12)15(21-17)22-6-8-24-9-7-22/h1-5,10H,6-9H2,(H,20,23). The Bertz CT molecular complexity index is 910. The van der Waals surface area contributed by atoms with Crippen LogP contribution in [-0.4, -0.2) is 42.2 Å². The summed E-state index contributed by atoms with van der Waals surface area (Å²) < 4.78 is 6.31. The average molecular weight is 375 g/mol. The highest BCUT2D eigenvalue weighted by Gasteiger charge is 2.19. The molecule has 0 atom stereocenters. The lowest BCUT2D eigenvalue weighted by molar-refractivity contribution is 0.102. The van der Waals surface area contributed by atoms with E-state index in [4.69, 9.17) is 16.3 Å². The first-order valence-corrected chi connectivity index (χ1v) is 9.06. The van der Waals surface area contributed by atoms with Crippen molar-refractivity contribution in [3.63, 3.8) is 0 Å². The number of ether oxygens (including phenoxy) is 1. The third-order valence-electron chi connectivity index (χ3n) is 3.91. The van der Waals surface area contributed by atoms with E-state index in [9.17, 15) is 4.79 Å². The number of carbonyl (C=O) groups excluding carboxylic acids is 1. The second-order valence-electron chi connectivity index (χ2n) is 5.56. The van der Waals surface area contributed by atoms with Gasteiger partial charge in [0.1, 0.15) is 0 Å². The van der Waals surface area contributed by atoms with Crippen LogP contribution in [0.4, 0.5) is 10.8 Å². The van der Waals surface area contributed by atoms with Crippen LogP contribution < -0.4 is 10.2 Å². The molecule has 4 rings (SSSR count). The highest BCUT2D eigenvalue weighted by atomic mass is 35.5. The lowest BCUT2D eigenvalue weighted by Crippen LogP contribution is -2.36. The number of benzene rings is 1. The number of morpholine rings is 1. The monoisotopic (exact) mass is 374 g/mol. The Labute approximate surface area is 153 Å². The van der Waals surface area contributed by atoms with Crippen molar-refractivity contribution in [3.05, 3.63) is 47.2 Å². The molecule has 2 aromatic heterocycles. The highest BCUT2D eigenvalue weighted by molar-refractivity contribution is 7.23. The number of hydrogen-bond acceptors (Lipinski definition) is 6. The van der Waals surface area contributed by atoms with E-state index < -0.39 is 0 Å². The molecule has 0 bridgehead atoms. The van der Waals surface area contributed by atoms with Gasteiger partial charge in [0.05, 0.1) is 28.4 Å². The Morgan fingerprint density at radius 3 is 2.72 bits per heavy atom. The topological polar surface area (TPSA) is 67.4 Å². The van der Waals surface area contributed by atoms with Gasteiger partial charge in [-0.15, -0.1) is 11.3 Å². The molecule has 3 heterocycles. The van der Waals surface area contributed by atoms with Gasteiger partial charge in [-0.05, 0) is 29.8 Å². The van der Waals surface area contributed by atoms with Crippen molar-refractivity contribution in [1.29, 1.82) is 0 Å². The van der Waals surface area contributed by atoms with Crippen LogP contribution in [0, 0.1) is 0 Å². The van der Waals surface area contributed by atoms with Crippen LogP contribution in [-0.2, 0) is 4.74 Å². The van der Waals surface area contributed by atoms with Gasteiger partial charge in [-0.3, -0.25) is 4.79 Å². The molecule has 0 unspecified atom stereocenters. The Balaban J connectivity index is 1.66. The Morgan fingerprint density at radius 2 is 1.96 bits per heavy atom. The first-order valence-electron chi connectivity index (χ1n) is 7.87. The number of aromatic nitrogens is 2. The van der Waals surface area contributed by atoms with Gasteiger partial charge < -0.3 is 15.0 Å². The maximum absolute atomic E-state index is 12.4. The Hall–Kier alpha value is -2.22. The molecule has 128 valence electrons. The summed E-state index contributed by atoms with van der Waals surface area (Å²) in [5.74, 6) is 0.641. The van der Waals surface area contributed by atoms with E-state index in [-0.39, 0.29) is 11.2 Å². The fourth-order valence-corrected chi connectivity index (χ4v) is 3.89. The summed E-state index contributed by atoms with van der Waals surface area (Å²) in [5, 5.41) is 3.84. The largest absolute Gasteiger partial charge is 0.378 e. The second-order valence-corrected chi connectivity index (χ2v) is 6.95. The van der Waals surface area contributed by atoms with Crippen LogP contribution in [0.5, 0.6) is 0 Å². The van der Waals surface area contributed by atoms with Crippen LogP contribution in [0.2, 0.25) is 5.28 Å². The molecule has 0 spiro atoms. The molecular formula is C17H15ClN4O2S. The molecule has 1 saturated heterocycles. The SMILES string of the molecule is O=C(Nc1cc2nc(Cl)nc(N3CCOCC3)c2s1)c1ccccc1. The number of hydrogen-bond donors (Lipinski definition) is 1. The first-order chi connectivity index (χ1) is 12.2. The van der Waals surface area contributed by atoms with Crippen molar-refractivity contribution in [1.82, 2.24) is 9.97 Å². The smallest absolute Gasteiger partial charge is 0.256 e. The van der Waals surface area contributed by atoms with Crippen LogP contribution in [0.15, 0.2) is 36.4 Å². The predicted octanol–water partition coefficient (Wildman–Crippen LogP) is 3.43. The lowest BCUT2D eigenvalue weighted by atomic mass is 10.2. The van der Waals surface area contributed by atoms with Crippen molar-refractivity contribution in [3.8, 4) is 0 Å². The van der Waals surface area contributed by atoms with Crippen molar-refractivity contribution in [2.75, 3.05) is 36.5 Å². The van der Waals surface area contributed by atoms with E-state index in [1.165, 1.54) is 11.3 Å². The number of rotatable bonds is 3. The van der Waals surface area contributed by atoms with Crippen LogP contribution in [0.1, 0.15) is 10.4 Å². The Morgan fingerprint density at radius 1 is 1.20 bits per heavy atom. The zero-order chi connectivity index (χ0) is 17.2. The van der Waals surface area contributed by atoms with Crippen molar-refractivity contribution >= 4 is 49.9 Å². The fourth-order valence-electron chi connectivity index (χ4n) is 2.71. The van der Waals surface area contributed by atoms with Crippen LogP contribution in [0.3, 0.4) is 0 Å². The zero-order valence-electron chi connectivity index (χ0n) is 13.2. The first kappa shape index (κ1) is 16.3. The molecule has 1 aliphatic rings. The second kappa shape index (κ2) is 6.95. The van der Waals surface area contributed by atoms with Crippen LogP contribution in [0.25, 0.3) is 10.2 Å². The lowest BCUT2D eigenvalue weighted by Gasteiger charge is -2.28. The summed E-state index contributed by atoms with van der Waals surface area (Å²) in [7, 11) is 0. The third kappa shape index (κ3) is 3.44. The van der Waals surface area contributed by atoms with Gasteiger partial charge in [0, 0.05) is 18.7 Å². The summed E-state index contributed by atoms with van der Waals surface area (Å²) in [6, 6.07) is 10.9. The summed E-state index contributed by atoms with van der Waals surface area (Å²) in [4.78, 5) is 23.2. The van der Waals surface area contributed by atoms with Gasteiger partial charge in [0.15, 0.2) is 5.82 Å². The predicted molar refractivity (Wildman–Crippen MR) is 99.9 cm³/mol. The van der Waals surface area contributed by atoms with E-state index in [1.807, 2.05) is 24.3 Å². The summed E-state index contributed by atoms with van der Waals surface area (Å²) >= 11 is 7.54. The molecule has 1 aromatic carbocycles. The normalized spacial score (nSPS) is 14.7. The minimum Gasteiger partial charge on any atom is -0.378 e. The van der Waals surface area contributed by atoms with Gasteiger partial charge in [-0.25, -0.2) is 4.98 Å². The highest BCUT2D eigenvalue weighted by Crippen LogP contribution is 2.36. The molecule has 6 nitrogen and oxygen atoms in total. The van der Waals surface area contributed by atoms with E-state index in [0.29, 0.717) is 18.8 Å². The summed E-state index contributed by atoms with van der Waals surface area (Å²) in [6.45, 7) is 2.83.